The summed E-state index contributed by atoms with van der Waals surface area (Å²) in [4.78, 5) is 12.8. The summed E-state index contributed by atoms with van der Waals surface area (Å²) in [6, 6.07) is 10.1. The van der Waals surface area contributed by atoms with Gasteiger partial charge in [-0.1, -0.05) is 37.3 Å². The molecule has 2 fully saturated rings. The Labute approximate surface area is 150 Å². The zero-order valence-corrected chi connectivity index (χ0v) is 15.7. The molecular formula is C19H28N2O3S. The Morgan fingerprint density at radius 3 is 2.60 bits per heavy atom. The fraction of sp³-hybridized carbons (Fsp3) is 0.632. The van der Waals surface area contributed by atoms with Gasteiger partial charge in [0.05, 0.1) is 17.7 Å². The van der Waals surface area contributed by atoms with Gasteiger partial charge in [-0.25, -0.2) is 12.7 Å². The quantitative estimate of drug-likeness (QED) is 0.809. The standard InChI is InChI=1S/C19H28N2O3S/c1-2-13-25(23,24)21-12-6-9-17(14-21)19(22)20-18(16-10-11-16)15-7-4-3-5-8-15/h3-5,7-8,16-18H,2,6,9-14H2,1H3,(H,20,22). The van der Waals surface area contributed by atoms with Gasteiger partial charge < -0.3 is 5.32 Å². The molecule has 2 atom stereocenters. The second-order valence-electron chi connectivity index (χ2n) is 7.25. The first-order chi connectivity index (χ1) is 12.0. The Morgan fingerprint density at radius 1 is 1.24 bits per heavy atom. The first kappa shape index (κ1) is 18.4. The van der Waals surface area contributed by atoms with Crippen LogP contribution >= 0.6 is 0 Å². The molecule has 5 nitrogen and oxygen atoms in total. The van der Waals surface area contributed by atoms with Crippen LogP contribution in [0.5, 0.6) is 0 Å². The Morgan fingerprint density at radius 2 is 1.96 bits per heavy atom. The second kappa shape index (κ2) is 7.87. The lowest BCUT2D eigenvalue weighted by molar-refractivity contribution is -0.127. The van der Waals surface area contributed by atoms with Crippen molar-refractivity contribution in [3.63, 3.8) is 0 Å². The number of carbonyl (C=O) groups excluding carboxylic acids is 1. The van der Waals surface area contributed by atoms with Crippen molar-refractivity contribution < 1.29 is 13.2 Å². The SMILES string of the molecule is CCCS(=O)(=O)N1CCCC(C(=O)NC(c2ccccc2)C2CC2)C1. The Hall–Kier alpha value is -1.40. The van der Waals surface area contributed by atoms with Gasteiger partial charge in [-0.2, -0.15) is 0 Å². The van der Waals surface area contributed by atoms with E-state index in [1.54, 1.807) is 0 Å². The predicted molar refractivity (Wildman–Crippen MR) is 98.4 cm³/mol. The van der Waals surface area contributed by atoms with Crippen LogP contribution in [0.4, 0.5) is 0 Å². The Bertz CT molecular complexity index is 686. The summed E-state index contributed by atoms with van der Waals surface area (Å²) in [6.07, 6.45) is 4.40. The van der Waals surface area contributed by atoms with Crippen LogP contribution in [0.1, 0.15) is 50.6 Å². The number of amides is 1. The summed E-state index contributed by atoms with van der Waals surface area (Å²) >= 11 is 0. The summed E-state index contributed by atoms with van der Waals surface area (Å²) in [5.41, 5.74) is 1.14. The molecule has 1 aromatic rings. The number of rotatable bonds is 7. The van der Waals surface area contributed by atoms with Crippen LogP contribution in [0.25, 0.3) is 0 Å². The zero-order chi connectivity index (χ0) is 17.9. The smallest absolute Gasteiger partial charge is 0.224 e. The normalized spacial score (nSPS) is 23.2. The third-order valence-corrected chi connectivity index (χ3v) is 7.20. The fourth-order valence-corrected chi connectivity index (χ4v) is 5.22. The molecule has 1 saturated carbocycles. The molecule has 25 heavy (non-hydrogen) atoms. The molecule has 6 heteroatoms. The molecule has 1 amide bonds. The van der Waals surface area contributed by atoms with Crippen molar-refractivity contribution in [2.45, 2.75) is 45.1 Å². The van der Waals surface area contributed by atoms with Gasteiger partial charge in [-0.3, -0.25) is 4.79 Å². The van der Waals surface area contributed by atoms with E-state index < -0.39 is 10.0 Å². The average molecular weight is 365 g/mol. The minimum atomic E-state index is -3.23. The van der Waals surface area contributed by atoms with Crippen LogP contribution in [0, 0.1) is 11.8 Å². The highest BCUT2D eigenvalue weighted by Gasteiger charge is 2.37. The van der Waals surface area contributed by atoms with Crippen molar-refractivity contribution in [2.75, 3.05) is 18.8 Å². The van der Waals surface area contributed by atoms with E-state index in [4.69, 9.17) is 0 Å². The predicted octanol–water partition coefficient (Wildman–Crippen LogP) is 2.71. The molecule has 1 N–H and O–H groups in total. The summed E-state index contributed by atoms with van der Waals surface area (Å²) in [5, 5.41) is 3.21. The van der Waals surface area contributed by atoms with Gasteiger partial charge >= 0.3 is 0 Å². The van der Waals surface area contributed by atoms with Crippen molar-refractivity contribution in [1.29, 1.82) is 0 Å². The molecule has 1 aliphatic carbocycles. The average Bonchev–Trinajstić information content (AvgIpc) is 3.45. The van der Waals surface area contributed by atoms with Crippen LogP contribution in [0.2, 0.25) is 0 Å². The largest absolute Gasteiger partial charge is 0.349 e. The summed E-state index contributed by atoms with van der Waals surface area (Å²) in [6.45, 7) is 2.73. The van der Waals surface area contributed by atoms with Gasteiger partial charge in [-0.05, 0) is 43.6 Å². The van der Waals surface area contributed by atoms with Gasteiger partial charge in [-0.15, -0.1) is 0 Å². The number of benzene rings is 1. The molecule has 0 bridgehead atoms. The van der Waals surface area contributed by atoms with E-state index in [1.165, 1.54) is 4.31 Å². The Kier molecular flexibility index (Phi) is 5.79. The lowest BCUT2D eigenvalue weighted by Gasteiger charge is -2.32. The maximum absolute atomic E-state index is 12.8. The topological polar surface area (TPSA) is 66.5 Å². The molecule has 1 aromatic carbocycles. The third-order valence-electron chi connectivity index (χ3n) is 5.16. The minimum absolute atomic E-state index is 0.00264. The Balaban J connectivity index is 1.66. The first-order valence-corrected chi connectivity index (χ1v) is 11.0. The number of carbonyl (C=O) groups is 1. The minimum Gasteiger partial charge on any atom is -0.349 e. The summed E-state index contributed by atoms with van der Waals surface area (Å²) < 4.78 is 26.1. The van der Waals surface area contributed by atoms with Crippen LogP contribution in [-0.4, -0.2) is 37.5 Å². The molecule has 0 spiro atoms. The number of nitrogens with one attached hydrogen (secondary N) is 1. The van der Waals surface area contributed by atoms with Crippen molar-refractivity contribution in [3.8, 4) is 0 Å². The van der Waals surface area contributed by atoms with Crippen molar-refractivity contribution in [3.05, 3.63) is 35.9 Å². The maximum Gasteiger partial charge on any atom is 0.224 e. The number of hydrogen-bond donors (Lipinski definition) is 1. The molecule has 2 aliphatic rings. The maximum atomic E-state index is 12.8. The molecule has 1 heterocycles. The van der Waals surface area contributed by atoms with Crippen LogP contribution in [0.3, 0.4) is 0 Å². The van der Waals surface area contributed by atoms with Crippen LogP contribution in [-0.2, 0) is 14.8 Å². The molecule has 3 rings (SSSR count). The van der Waals surface area contributed by atoms with Crippen LogP contribution in [0.15, 0.2) is 30.3 Å². The van der Waals surface area contributed by atoms with Gasteiger partial charge in [0.25, 0.3) is 0 Å². The fourth-order valence-electron chi connectivity index (χ4n) is 3.63. The van der Waals surface area contributed by atoms with Gasteiger partial charge in [0.15, 0.2) is 0 Å². The first-order valence-electron chi connectivity index (χ1n) is 9.34. The molecule has 0 aromatic heterocycles. The van der Waals surface area contributed by atoms with Crippen LogP contribution < -0.4 is 5.32 Å². The monoisotopic (exact) mass is 364 g/mol. The highest BCUT2D eigenvalue weighted by Crippen LogP contribution is 2.41. The number of piperidine rings is 1. The second-order valence-corrected chi connectivity index (χ2v) is 9.34. The highest BCUT2D eigenvalue weighted by atomic mass is 32.2. The number of nitrogens with zero attached hydrogens (tertiary/aromatic N) is 1. The van der Waals surface area contributed by atoms with E-state index in [9.17, 15) is 13.2 Å². The lowest BCUT2D eigenvalue weighted by atomic mass is 9.96. The molecule has 2 unspecified atom stereocenters. The van der Waals surface area contributed by atoms with Crippen molar-refractivity contribution in [2.24, 2.45) is 11.8 Å². The molecule has 0 radical (unpaired) electrons. The van der Waals surface area contributed by atoms with E-state index in [2.05, 4.69) is 17.4 Å². The van der Waals surface area contributed by atoms with Gasteiger partial charge in [0, 0.05) is 13.1 Å². The summed E-state index contributed by atoms with van der Waals surface area (Å²) in [7, 11) is -3.23. The molecule has 1 aliphatic heterocycles. The van der Waals surface area contributed by atoms with Crippen molar-refractivity contribution >= 4 is 15.9 Å². The van der Waals surface area contributed by atoms with E-state index >= 15 is 0 Å². The van der Waals surface area contributed by atoms with Crippen molar-refractivity contribution in [1.82, 2.24) is 9.62 Å². The van der Waals surface area contributed by atoms with E-state index in [0.717, 1.165) is 31.2 Å². The molecule has 1 saturated heterocycles. The van der Waals surface area contributed by atoms with E-state index in [0.29, 0.717) is 25.4 Å². The lowest BCUT2D eigenvalue weighted by Crippen LogP contribution is -2.46. The van der Waals surface area contributed by atoms with Gasteiger partial charge in [0.2, 0.25) is 15.9 Å². The summed E-state index contributed by atoms with van der Waals surface area (Å²) in [5.74, 6) is 0.424. The number of hydrogen-bond acceptors (Lipinski definition) is 3. The number of sulfonamides is 1. The molecule has 138 valence electrons. The molecular weight excluding hydrogens is 336 g/mol. The third kappa shape index (κ3) is 4.61. The highest BCUT2D eigenvalue weighted by molar-refractivity contribution is 7.89. The van der Waals surface area contributed by atoms with E-state index in [-0.39, 0.29) is 23.6 Å². The zero-order valence-electron chi connectivity index (χ0n) is 14.9. The van der Waals surface area contributed by atoms with E-state index in [1.807, 2.05) is 25.1 Å². The van der Waals surface area contributed by atoms with Gasteiger partial charge in [0.1, 0.15) is 0 Å².